The molecule has 3 nitrogen and oxygen atoms in total. The van der Waals surface area contributed by atoms with Gasteiger partial charge in [0.2, 0.25) is 0 Å². The Bertz CT molecular complexity index is 402. The SMILES string of the molecule is C=C[C@H](c1ccc(O)c(F)c1)N1CCNCC1. The van der Waals surface area contributed by atoms with Crippen LogP contribution in [0, 0.1) is 5.82 Å². The summed E-state index contributed by atoms with van der Waals surface area (Å²) >= 11 is 0. The van der Waals surface area contributed by atoms with E-state index in [2.05, 4.69) is 16.8 Å². The summed E-state index contributed by atoms with van der Waals surface area (Å²) in [7, 11) is 0. The molecule has 1 aromatic carbocycles. The average molecular weight is 236 g/mol. The number of piperazine rings is 1. The molecular weight excluding hydrogens is 219 g/mol. The molecule has 0 saturated carbocycles. The fraction of sp³-hybridized carbons (Fsp3) is 0.385. The fourth-order valence-electron chi connectivity index (χ4n) is 2.16. The topological polar surface area (TPSA) is 35.5 Å². The molecule has 1 heterocycles. The Labute approximate surface area is 101 Å². The van der Waals surface area contributed by atoms with Gasteiger partial charge in [-0.2, -0.15) is 0 Å². The minimum Gasteiger partial charge on any atom is -0.505 e. The second kappa shape index (κ2) is 5.29. The van der Waals surface area contributed by atoms with Crippen LogP contribution in [0.4, 0.5) is 4.39 Å². The zero-order chi connectivity index (χ0) is 12.3. The maximum Gasteiger partial charge on any atom is 0.165 e. The fourth-order valence-corrected chi connectivity index (χ4v) is 2.16. The van der Waals surface area contributed by atoms with Crippen molar-refractivity contribution in [2.45, 2.75) is 6.04 Å². The first-order valence-electron chi connectivity index (χ1n) is 5.78. The van der Waals surface area contributed by atoms with Gasteiger partial charge in [-0.1, -0.05) is 12.1 Å². The molecule has 17 heavy (non-hydrogen) atoms. The summed E-state index contributed by atoms with van der Waals surface area (Å²) in [6.45, 7) is 7.52. The smallest absolute Gasteiger partial charge is 0.165 e. The quantitative estimate of drug-likeness (QED) is 0.784. The van der Waals surface area contributed by atoms with E-state index in [1.807, 2.05) is 6.08 Å². The van der Waals surface area contributed by atoms with Gasteiger partial charge in [0, 0.05) is 26.2 Å². The summed E-state index contributed by atoms with van der Waals surface area (Å²) in [5.41, 5.74) is 0.831. The molecule has 1 atom stereocenters. The van der Waals surface area contributed by atoms with Crippen molar-refractivity contribution < 1.29 is 9.50 Å². The zero-order valence-corrected chi connectivity index (χ0v) is 9.69. The molecular formula is C13H17FN2O. The second-order valence-electron chi connectivity index (χ2n) is 4.18. The van der Waals surface area contributed by atoms with E-state index in [0.717, 1.165) is 31.7 Å². The number of aromatic hydroxyl groups is 1. The van der Waals surface area contributed by atoms with Crippen LogP contribution in [0.1, 0.15) is 11.6 Å². The number of hydrogen-bond donors (Lipinski definition) is 2. The van der Waals surface area contributed by atoms with Gasteiger partial charge < -0.3 is 10.4 Å². The Morgan fingerprint density at radius 1 is 1.41 bits per heavy atom. The number of phenols is 1. The molecule has 0 radical (unpaired) electrons. The van der Waals surface area contributed by atoms with Gasteiger partial charge in [0.05, 0.1) is 6.04 Å². The molecule has 2 rings (SSSR count). The Kier molecular flexibility index (Phi) is 3.76. The van der Waals surface area contributed by atoms with E-state index >= 15 is 0 Å². The van der Waals surface area contributed by atoms with Crippen LogP contribution in [-0.4, -0.2) is 36.2 Å². The van der Waals surface area contributed by atoms with E-state index in [1.165, 1.54) is 12.1 Å². The number of hydrogen-bond acceptors (Lipinski definition) is 3. The standard InChI is InChI=1S/C13H17FN2O/c1-2-12(16-7-5-15-6-8-16)10-3-4-13(17)11(14)9-10/h2-4,9,12,15,17H,1,5-8H2/t12-/m1/s1. The van der Waals surface area contributed by atoms with E-state index in [4.69, 9.17) is 0 Å². The minimum absolute atomic E-state index is 0.00667. The lowest BCUT2D eigenvalue weighted by Gasteiger charge is -2.33. The molecule has 0 unspecified atom stereocenters. The third kappa shape index (κ3) is 2.65. The second-order valence-corrected chi connectivity index (χ2v) is 4.18. The molecule has 1 aliphatic rings. The van der Waals surface area contributed by atoms with E-state index in [-0.39, 0.29) is 11.8 Å². The summed E-state index contributed by atoms with van der Waals surface area (Å²) in [5.74, 6) is -0.888. The highest BCUT2D eigenvalue weighted by molar-refractivity contribution is 5.31. The lowest BCUT2D eigenvalue weighted by Crippen LogP contribution is -2.44. The predicted octanol–water partition coefficient (Wildman–Crippen LogP) is 1.66. The maximum absolute atomic E-state index is 13.3. The van der Waals surface area contributed by atoms with Gasteiger partial charge in [-0.25, -0.2) is 4.39 Å². The van der Waals surface area contributed by atoms with Gasteiger partial charge in [0.25, 0.3) is 0 Å². The van der Waals surface area contributed by atoms with Crippen molar-refractivity contribution in [1.82, 2.24) is 10.2 Å². The summed E-state index contributed by atoms with van der Waals surface area (Å²) in [4.78, 5) is 2.25. The van der Waals surface area contributed by atoms with Crippen molar-refractivity contribution >= 4 is 0 Å². The Balaban J connectivity index is 2.21. The van der Waals surface area contributed by atoms with Crippen LogP contribution in [0.15, 0.2) is 30.9 Å². The first kappa shape index (κ1) is 12.1. The molecule has 92 valence electrons. The van der Waals surface area contributed by atoms with Crippen LogP contribution in [0.2, 0.25) is 0 Å². The normalized spacial score (nSPS) is 18.9. The van der Waals surface area contributed by atoms with Crippen LogP contribution >= 0.6 is 0 Å². The molecule has 1 aliphatic heterocycles. The van der Waals surface area contributed by atoms with Gasteiger partial charge in [-0.05, 0) is 17.7 Å². The molecule has 0 spiro atoms. The molecule has 1 fully saturated rings. The number of nitrogens with zero attached hydrogens (tertiary/aromatic N) is 1. The number of rotatable bonds is 3. The van der Waals surface area contributed by atoms with Crippen LogP contribution in [0.25, 0.3) is 0 Å². The zero-order valence-electron chi connectivity index (χ0n) is 9.69. The Morgan fingerprint density at radius 2 is 2.12 bits per heavy atom. The van der Waals surface area contributed by atoms with Crippen molar-refractivity contribution in [1.29, 1.82) is 0 Å². The van der Waals surface area contributed by atoms with Gasteiger partial charge in [0.1, 0.15) is 0 Å². The van der Waals surface area contributed by atoms with Crippen LogP contribution < -0.4 is 5.32 Å². The van der Waals surface area contributed by atoms with Crippen molar-refractivity contribution in [3.8, 4) is 5.75 Å². The van der Waals surface area contributed by atoms with Gasteiger partial charge in [-0.3, -0.25) is 4.90 Å². The van der Waals surface area contributed by atoms with Crippen LogP contribution in [0.5, 0.6) is 5.75 Å². The first-order valence-corrected chi connectivity index (χ1v) is 5.78. The highest BCUT2D eigenvalue weighted by Crippen LogP contribution is 2.26. The van der Waals surface area contributed by atoms with Crippen LogP contribution in [-0.2, 0) is 0 Å². The van der Waals surface area contributed by atoms with E-state index in [0.29, 0.717) is 0 Å². The van der Waals surface area contributed by atoms with E-state index in [1.54, 1.807) is 6.07 Å². The summed E-state index contributed by atoms with van der Waals surface area (Å²) in [6, 6.07) is 4.52. The molecule has 0 aliphatic carbocycles. The van der Waals surface area contributed by atoms with Crippen molar-refractivity contribution in [2.75, 3.05) is 26.2 Å². The van der Waals surface area contributed by atoms with Crippen molar-refractivity contribution in [3.05, 3.63) is 42.2 Å². The predicted molar refractivity (Wildman–Crippen MR) is 65.4 cm³/mol. The molecule has 1 saturated heterocycles. The molecule has 4 heteroatoms. The Hall–Kier alpha value is -1.39. The minimum atomic E-state index is -0.579. The largest absolute Gasteiger partial charge is 0.505 e. The monoisotopic (exact) mass is 236 g/mol. The van der Waals surface area contributed by atoms with Crippen LogP contribution in [0.3, 0.4) is 0 Å². The summed E-state index contributed by atoms with van der Waals surface area (Å²) in [6.07, 6.45) is 1.82. The summed E-state index contributed by atoms with van der Waals surface area (Å²) < 4.78 is 13.3. The first-order chi connectivity index (χ1) is 8.22. The van der Waals surface area contributed by atoms with Crippen molar-refractivity contribution in [2.24, 2.45) is 0 Å². The number of halogens is 1. The number of benzene rings is 1. The highest BCUT2D eigenvalue weighted by Gasteiger charge is 2.20. The maximum atomic E-state index is 13.3. The van der Waals surface area contributed by atoms with Crippen molar-refractivity contribution in [3.63, 3.8) is 0 Å². The van der Waals surface area contributed by atoms with Gasteiger partial charge in [0.15, 0.2) is 11.6 Å². The lowest BCUT2D eigenvalue weighted by atomic mass is 10.0. The Morgan fingerprint density at radius 3 is 2.71 bits per heavy atom. The molecule has 0 amide bonds. The van der Waals surface area contributed by atoms with E-state index < -0.39 is 5.82 Å². The number of nitrogens with one attached hydrogen (secondary N) is 1. The molecule has 0 bridgehead atoms. The molecule has 0 aromatic heterocycles. The highest BCUT2D eigenvalue weighted by atomic mass is 19.1. The third-order valence-corrected chi connectivity index (χ3v) is 3.08. The van der Waals surface area contributed by atoms with E-state index in [9.17, 15) is 9.50 Å². The summed E-state index contributed by atoms with van der Waals surface area (Å²) in [5, 5.41) is 12.5. The molecule has 2 N–H and O–H groups in total. The average Bonchev–Trinajstić information content (AvgIpc) is 2.36. The van der Waals surface area contributed by atoms with Gasteiger partial charge in [-0.15, -0.1) is 6.58 Å². The third-order valence-electron chi connectivity index (χ3n) is 3.08. The lowest BCUT2D eigenvalue weighted by molar-refractivity contribution is 0.203. The molecule has 1 aromatic rings. The van der Waals surface area contributed by atoms with Gasteiger partial charge >= 0.3 is 0 Å². The number of phenolic OH excluding ortho intramolecular Hbond substituents is 1.